The van der Waals surface area contributed by atoms with Crippen LogP contribution in [0.25, 0.3) is 0 Å². The van der Waals surface area contributed by atoms with E-state index >= 15 is 0 Å². The van der Waals surface area contributed by atoms with Crippen molar-refractivity contribution in [3.8, 4) is 5.75 Å². The number of hydrogen-bond donors (Lipinski definition) is 1. The number of esters is 1. The maximum atomic E-state index is 12.1. The highest BCUT2D eigenvalue weighted by atomic mass is 16.5. The van der Waals surface area contributed by atoms with Crippen LogP contribution in [0.1, 0.15) is 37.0 Å². The highest BCUT2D eigenvalue weighted by Gasteiger charge is 2.12. The van der Waals surface area contributed by atoms with Crippen molar-refractivity contribution in [2.24, 2.45) is 0 Å². The van der Waals surface area contributed by atoms with Crippen LogP contribution in [0.15, 0.2) is 42.5 Å². The van der Waals surface area contributed by atoms with Gasteiger partial charge >= 0.3 is 12.0 Å². The van der Waals surface area contributed by atoms with E-state index in [1.807, 2.05) is 13.8 Å². The number of hydrogen-bond acceptors (Lipinski definition) is 3. The van der Waals surface area contributed by atoms with Gasteiger partial charge in [-0.05, 0) is 69.5 Å². The van der Waals surface area contributed by atoms with Gasteiger partial charge in [0.05, 0.1) is 0 Å². The summed E-state index contributed by atoms with van der Waals surface area (Å²) in [6.45, 7) is 7.93. The molecule has 0 heterocycles. The number of rotatable bonds is 6. The van der Waals surface area contributed by atoms with Crippen LogP contribution in [0, 0.1) is 13.8 Å². The van der Waals surface area contributed by atoms with Crippen molar-refractivity contribution < 1.29 is 14.3 Å². The maximum Gasteiger partial charge on any atom is 0.321 e. The van der Waals surface area contributed by atoms with E-state index in [2.05, 4.69) is 37.4 Å². The fraction of sp³-hybridized carbons (Fsp3) is 0.364. The lowest BCUT2D eigenvalue weighted by atomic mass is 10.0. The lowest BCUT2D eigenvalue weighted by Crippen LogP contribution is -2.40. The van der Waals surface area contributed by atoms with Crippen LogP contribution in [0.2, 0.25) is 0 Å². The first kappa shape index (κ1) is 20.5. The third-order valence-corrected chi connectivity index (χ3v) is 4.27. The smallest absolute Gasteiger partial charge is 0.321 e. The summed E-state index contributed by atoms with van der Waals surface area (Å²) in [4.78, 5) is 25.6. The molecule has 0 radical (unpaired) electrons. The minimum atomic E-state index is -0.270. The van der Waals surface area contributed by atoms with Crippen LogP contribution in [0.4, 0.5) is 10.5 Å². The van der Waals surface area contributed by atoms with E-state index in [4.69, 9.17) is 4.74 Å². The Bertz CT molecular complexity index is 798. The molecule has 27 heavy (non-hydrogen) atoms. The van der Waals surface area contributed by atoms with Gasteiger partial charge in [-0.15, -0.1) is 0 Å². The molecule has 0 fully saturated rings. The van der Waals surface area contributed by atoms with Crippen LogP contribution in [0.5, 0.6) is 5.75 Å². The van der Waals surface area contributed by atoms with Crippen LogP contribution in [-0.4, -0.2) is 25.1 Å². The summed E-state index contributed by atoms with van der Waals surface area (Å²) in [5.74, 6) is 0.204. The van der Waals surface area contributed by atoms with Gasteiger partial charge in [0, 0.05) is 25.2 Å². The molecule has 5 nitrogen and oxygen atoms in total. The molecule has 0 unspecified atom stereocenters. The first-order valence-corrected chi connectivity index (χ1v) is 9.17. The highest BCUT2D eigenvalue weighted by molar-refractivity contribution is 5.91. The Morgan fingerprint density at radius 3 is 2.33 bits per heavy atom. The Labute approximate surface area is 161 Å². The molecule has 0 spiro atoms. The van der Waals surface area contributed by atoms with Gasteiger partial charge in [0.25, 0.3) is 0 Å². The zero-order chi connectivity index (χ0) is 20.0. The average molecular weight is 368 g/mol. The molecule has 0 aliphatic rings. The normalized spacial score (nSPS) is 10.6. The second-order valence-electron chi connectivity index (χ2n) is 7.06. The topological polar surface area (TPSA) is 58.6 Å². The number of amides is 2. The minimum Gasteiger partial charge on any atom is -0.427 e. The summed E-state index contributed by atoms with van der Waals surface area (Å²) in [6, 6.07) is 13.0. The molecule has 0 bridgehead atoms. The number of nitrogens with zero attached hydrogens (tertiary/aromatic N) is 1. The van der Waals surface area contributed by atoms with E-state index in [0.717, 1.165) is 11.3 Å². The Morgan fingerprint density at radius 2 is 1.74 bits per heavy atom. The molecular formula is C22H28N2O3. The number of carbonyl (C=O) groups excluding carboxylic acids is 2. The third-order valence-electron chi connectivity index (χ3n) is 4.27. The lowest BCUT2D eigenvalue weighted by molar-refractivity contribution is -0.134. The minimum absolute atomic E-state index is 0.0670. The fourth-order valence-electron chi connectivity index (χ4n) is 2.74. The molecule has 0 aromatic heterocycles. The summed E-state index contributed by atoms with van der Waals surface area (Å²) >= 11 is 0. The van der Waals surface area contributed by atoms with Crippen molar-refractivity contribution in [2.45, 2.75) is 46.6 Å². The van der Waals surface area contributed by atoms with E-state index < -0.39 is 0 Å². The summed E-state index contributed by atoms with van der Waals surface area (Å²) in [5, 5.41) is 2.83. The van der Waals surface area contributed by atoms with Crippen LogP contribution in [0.3, 0.4) is 0 Å². The van der Waals surface area contributed by atoms with Gasteiger partial charge in [-0.25, -0.2) is 4.79 Å². The Hall–Kier alpha value is -2.82. The average Bonchev–Trinajstić information content (AvgIpc) is 2.60. The van der Waals surface area contributed by atoms with Crippen molar-refractivity contribution in [1.82, 2.24) is 5.32 Å². The first-order chi connectivity index (χ1) is 12.8. The van der Waals surface area contributed by atoms with Gasteiger partial charge in [0.2, 0.25) is 0 Å². The Morgan fingerprint density at radius 1 is 1.07 bits per heavy atom. The van der Waals surface area contributed by atoms with E-state index in [1.54, 1.807) is 31.3 Å². The molecule has 0 atom stereocenters. The summed E-state index contributed by atoms with van der Waals surface area (Å²) in [6.07, 6.45) is 0.976. The van der Waals surface area contributed by atoms with Gasteiger partial charge < -0.3 is 10.1 Å². The van der Waals surface area contributed by atoms with Gasteiger partial charge in [-0.2, -0.15) is 0 Å². The number of urea groups is 1. The second-order valence-corrected chi connectivity index (χ2v) is 7.06. The number of aryl methyl sites for hydroxylation is 3. The predicted molar refractivity (Wildman–Crippen MR) is 108 cm³/mol. The third kappa shape index (κ3) is 6.13. The van der Waals surface area contributed by atoms with Crippen molar-refractivity contribution in [3.05, 3.63) is 59.2 Å². The number of benzene rings is 2. The molecule has 2 amide bonds. The van der Waals surface area contributed by atoms with Crippen molar-refractivity contribution >= 4 is 17.7 Å². The summed E-state index contributed by atoms with van der Waals surface area (Å²) < 4.78 is 5.40. The first-order valence-electron chi connectivity index (χ1n) is 9.17. The standard InChI is InChI=1S/C22H28N2O3/c1-15(2)23-22(26)24(5)19-9-11-20(12-10-19)27-21(25)13-8-18-7-6-16(3)14-17(18)4/h6-7,9-12,14-15H,8,13H2,1-5H3,(H,23,26). The molecule has 0 saturated heterocycles. The van der Waals surface area contributed by atoms with E-state index in [1.165, 1.54) is 16.0 Å². The second kappa shape index (κ2) is 9.21. The summed E-state index contributed by atoms with van der Waals surface area (Å²) in [7, 11) is 1.70. The van der Waals surface area contributed by atoms with Gasteiger partial charge in [-0.3, -0.25) is 9.69 Å². The van der Waals surface area contributed by atoms with Crippen molar-refractivity contribution in [1.29, 1.82) is 0 Å². The van der Waals surface area contributed by atoms with Crippen LogP contribution >= 0.6 is 0 Å². The molecule has 144 valence electrons. The Balaban J connectivity index is 1.90. The zero-order valence-corrected chi connectivity index (χ0v) is 16.7. The molecule has 0 aliphatic carbocycles. The molecule has 0 aliphatic heterocycles. The maximum absolute atomic E-state index is 12.1. The SMILES string of the molecule is Cc1ccc(CCC(=O)Oc2ccc(N(C)C(=O)NC(C)C)cc2)c(C)c1. The van der Waals surface area contributed by atoms with Gasteiger partial charge in [0.1, 0.15) is 5.75 Å². The number of ether oxygens (including phenoxy) is 1. The molecule has 2 aromatic rings. The fourth-order valence-corrected chi connectivity index (χ4v) is 2.74. The van der Waals surface area contributed by atoms with Crippen molar-refractivity contribution in [2.75, 3.05) is 11.9 Å². The van der Waals surface area contributed by atoms with Gasteiger partial charge in [0.15, 0.2) is 0 Å². The summed E-state index contributed by atoms with van der Waals surface area (Å²) in [5.41, 5.74) is 4.29. The zero-order valence-electron chi connectivity index (χ0n) is 16.7. The Kier molecular flexibility index (Phi) is 6.99. The molecular weight excluding hydrogens is 340 g/mol. The van der Waals surface area contributed by atoms with Gasteiger partial charge in [-0.1, -0.05) is 23.8 Å². The molecule has 2 rings (SSSR count). The van der Waals surface area contributed by atoms with Crippen LogP contribution in [-0.2, 0) is 11.2 Å². The predicted octanol–water partition coefficient (Wildman–Crippen LogP) is 4.40. The van der Waals surface area contributed by atoms with E-state index in [-0.39, 0.29) is 18.0 Å². The molecule has 0 saturated carbocycles. The van der Waals surface area contributed by atoms with Crippen molar-refractivity contribution in [3.63, 3.8) is 0 Å². The van der Waals surface area contributed by atoms with E-state index in [9.17, 15) is 9.59 Å². The molecule has 5 heteroatoms. The lowest BCUT2D eigenvalue weighted by Gasteiger charge is -2.20. The highest BCUT2D eigenvalue weighted by Crippen LogP contribution is 2.20. The van der Waals surface area contributed by atoms with Crippen LogP contribution < -0.4 is 15.0 Å². The monoisotopic (exact) mass is 368 g/mol. The molecule has 1 N–H and O–H groups in total. The molecule has 2 aromatic carbocycles. The number of nitrogens with one attached hydrogen (secondary N) is 1. The van der Waals surface area contributed by atoms with E-state index in [0.29, 0.717) is 18.6 Å². The largest absolute Gasteiger partial charge is 0.427 e. The quantitative estimate of drug-likeness (QED) is 0.607. The number of carbonyl (C=O) groups is 2. The number of anilines is 1.